The van der Waals surface area contributed by atoms with E-state index in [4.69, 9.17) is 5.63 Å². The molecule has 0 saturated carbocycles. The van der Waals surface area contributed by atoms with Gasteiger partial charge in [0.2, 0.25) is 0 Å². The van der Waals surface area contributed by atoms with Crippen LogP contribution < -0.4 is 5.63 Å². The monoisotopic (exact) mass is 816 g/mol. The molecule has 0 aliphatic heterocycles. The summed E-state index contributed by atoms with van der Waals surface area (Å²) < 4.78 is 21.9. The van der Waals surface area contributed by atoms with Gasteiger partial charge in [0.1, 0.15) is 0 Å². The van der Waals surface area contributed by atoms with E-state index in [-0.39, 0.29) is 0 Å². The first-order valence-electron chi connectivity index (χ1n) is 19.7. The van der Waals surface area contributed by atoms with Crippen molar-refractivity contribution < 1.29 is 26.8 Å². The van der Waals surface area contributed by atoms with E-state index < -0.39 is 21.1 Å². The van der Waals surface area contributed by atoms with Crippen molar-refractivity contribution >= 4 is 43.6 Å². The molecule has 2 heterocycles. The van der Waals surface area contributed by atoms with Crippen LogP contribution in [0.15, 0.2) is 194 Å². The number of para-hydroxylation sites is 4. The van der Waals surface area contributed by atoms with Crippen LogP contribution in [0, 0.1) is 13.8 Å². The molecule has 2 aromatic heterocycles. The Morgan fingerprint density at radius 3 is 1.04 bits per heavy atom. The first-order chi connectivity index (χ1) is 28.0. The molecule has 0 fully saturated rings. The van der Waals surface area contributed by atoms with Gasteiger partial charge in [-0.15, -0.1) is 0 Å². The molecule has 0 radical (unpaired) electrons. The Bertz CT molecular complexity index is 2740. The van der Waals surface area contributed by atoms with Gasteiger partial charge in [-0.3, -0.25) is 0 Å². The van der Waals surface area contributed by atoms with E-state index in [1.807, 2.05) is 0 Å². The summed E-state index contributed by atoms with van der Waals surface area (Å²) in [6.45, 7) is 4.32. The third-order valence-electron chi connectivity index (χ3n) is 11.1. The Hall–Kier alpha value is -6.16. The van der Waals surface area contributed by atoms with Gasteiger partial charge < -0.3 is 0 Å². The Morgan fingerprint density at radius 1 is 0.368 bits per heavy atom. The standard InChI is InChI=1S/2C19H15NO.2C7H7.Zr/c2*1-13-10-11-19(21)18(12-13)20-16-8-4-2-6-14(16)15-7-3-5-9-17(15)20;2*1-7-5-3-2-4-6-7;/h2*2-12,21H,1H3;2*2-6H,1H2;/q;;;;+2/p-2. The van der Waals surface area contributed by atoms with Crippen LogP contribution in [0.4, 0.5) is 0 Å². The van der Waals surface area contributed by atoms with Gasteiger partial charge in [0.15, 0.2) is 0 Å². The van der Waals surface area contributed by atoms with E-state index in [0.29, 0.717) is 8.26 Å². The van der Waals surface area contributed by atoms with Crippen LogP contribution in [0.1, 0.15) is 22.3 Å². The van der Waals surface area contributed by atoms with Crippen molar-refractivity contribution in [2.75, 3.05) is 0 Å². The van der Waals surface area contributed by atoms with Crippen LogP contribution in [-0.4, -0.2) is 9.13 Å². The third kappa shape index (κ3) is 6.56. The molecule has 0 bridgehead atoms. The first kappa shape index (κ1) is 35.3. The SMILES string of the molecule is Cc1ccc([O][Zr]([CH2]c2ccccc2)([CH2]c2ccccc2)[O]c2ccc(C)cc2-n2c3ccccc3c3ccccc32)c(-n2c3ccccc3c3ccccc32)c1. The molecule has 10 rings (SSSR count). The number of aromatic nitrogens is 2. The summed E-state index contributed by atoms with van der Waals surface area (Å²) >= 11 is -4.50. The van der Waals surface area contributed by atoms with Crippen molar-refractivity contribution in [2.24, 2.45) is 0 Å². The fourth-order valence-electron chi connectivity index (χ4n) is 8.58. The Balaban J connectivity index is 1.21. The summed E-state index contributed by atoms with van der Waals surface area (Å²) in [6.07, 6.45) is 0. The van der Waals surface area contributed by atoms with Crippen molar-refractivity contribution in [2.45, 2.75) is 22.1 Å². The first-order valence-corrected chi connectivity index (χ1v) is 25.2. The molecule has 10 aromatic rings. The second kappa shape index (κ2) is 14.7. The summed E-state index contributed by atoms with van der Waals surface area (Å²) in [7, 11) is 0. The molecule has 0 aliphatic carbocycles. The quantitative estimate of drug-likeness (QED) is 0.138. The molecule has 276 valence electrons. The minimum atomic E-state index is -4.50. The molecule has 4 nitrogen and oxygen atoms in total. The van der Waals surface area contributed by atoms with Gasteiger partial charge in [0, 0.05) is 0 Å². The maximum atomic E-state index is 7.86. The summed E-state index contributed by atoms with van der Waals surface area (Å²) in [4.78, 5) is 0. The second-order valence-corrected chi connectivity index (χ2v) is 22.3. The van der Waals surface area contributed by atoms with Gasteiger partial charge in [0.25, 0.3) is 0 Å². The molecule has 0 unspecified atom stereocenters. The van der Waals surface area contributed by atoms with Crippen LogP contribution in [0.2, 0.25) is 0 Å². The Labute approximate surface area is 338 Å². The predicted molar refractivity (Wildman–Crippen MR) is 233 cm³/mol. The molecular weight excluding hydrogens is 776 g/mol. The van der Waals surface area contributed by atoms with E-state index in [1.54, 1.807) is 0 Å². The zero-order valence-electron chi connectivity index (χ0n) is 32.1. The molecular formula is C52H42N2O2Zr. The van der Waals surface area contributed by atoms with E-state index in [0.717, 1.165) is 44.9 Å². The molecule has 0 spiro atoms. The summed E-state index contributed by atoms with van der Waals surface area (Å²) in [5.41, 5.74) is 11.4. The van der Waals surface area contributed by atoms with Gasteiger partial charge in [-0.25, -0.2) is 0 Å². The maximum absolute atomic E-state index is 7.86. The number of hydrogen-bond donors (Lipinski definition) is 0. The molecule has 0 saturated heterocycles. The number of hydrogen-bond acceptors (Lipinski definition) is 2. The average Bonchev–Trinajstić information content (AvgIpc) is 3.76. The summed E-state index contributed by atoms with van der Waals surface area (Å²) in [5, 5.41) is 4.87. The van der Waals surface area contributed by atoms with Crippen LogP contribution in [0.5, 0.6) is 11.5 Å². The fourth-order valence-corrected chi connectivity index (χ4v) is 16.7. The number of fused-ring (bicyclic) bond motifs is 6. The number of rotatable bonds is 10. The number of nitrogens with zero attached hydrogens (tertiary/aromatic N) is 2. The van der Waals surface area contributed by atoms with Crippen molar-refractivity contribution in [3.63, 3.8) is 0 Å². The van der Waals surface area contributed by atoms with Crippen LogP contribution in [-0.2, 0) is 29.4 Å². The second-order valence-electron chi connectivity index (χ2n) is 15.1. The Morgan fingerprint density at radius 2 is 0.684 bits per heavy atom. The summed E-state index contributed by atoms with van der Waals surface area (Å²) in [5.74, 6) is 1.67. The van der Waals surface area contributed by atoms with Crippen molar-refractivity contribution in [3.8, 4) is 22.9 Å². The van der Waals surface area contributed by atoms with E-state index >= 15 is 0 Å². The molecule has 0 aliphatic rings. The van der Waals surface area contributed by atoms with Crippen molar-refractivity contribution in [1.82, 2.24) is 9.13 Å². The van der Waals surface area contributed by atoms with Gasteiger partial charge in [-0.2, -0.15) is 0 Å². The third-order valence-corrected chi connectivity index (χ3v) is 18.7. The number of benzene rings is 8. The molecule has 0 atom stereocenters. The van der Waals surface area contributed by atoms with Crippen LogP contribution >= 0.6 is 0 Å². The number of aryl methyl sites for hydroxylation is 2. The topological polar surface area (TPSA) is 28.3 Å². The molecule has 5 heteroatoms. The van der Waals surface area contributed by atoms with E-state index in [2.05, 4.69) is 217 Å². The van der Waals surface area contributed by atoms with Gasteiger partial charge in [-0.05, 0) is 0 Å². The normalized spacial score (nSPS) is 11.8. The molecule has 0 N–H and O–H groups in total. The minimum absolute atomic E-state index is 0.700. The van der Waals surface area contributed by atoms with Gasteiger partial charge in [0.05, 0.1) is 0 Å². The van der Waals surface area contributed by atoms with Gasteiger partial charge >= 0.3 is 341 Å². The predicted octanol–water partition coefficient (Wildman–Crippen LogP) is 13.3. The molecule has 57 heavy (non-hydrogen) atoms. The average molecular weight is 818 g/mol. The zero-order chi connectivity index (χ0) is 38.3. The van der Waals surface area contributed by atoms with Crippen molar-refractivity contribution in [3.05, 3.63) is 216 Å². The fraction of sp³-hybridized carbons (Fsp3) is 0.0769. The van der Waals surface area contributed by atoms with Crippen molar-refractivity contribution in [1.29, 1.82) is 0 Å². The van der Waals surface area contributed by atoms with Crippen LogP contribution in [0.3, 0.4) is 0 Å². The molecule has 8 aromatic carbocycles. The van der Waals surface area contributed by atoms with Gasteiger partial charge in [-0.1, -0.05) is 0 Å². The Kier molecular flexibility index (Phi) is 9.12. The van der Waals surface area contributed by atoms with E-state index in [1.165, 1.54) is 43.8 Å². The summed E-state index contributed by atoms with van der Waals surface area (Å²) in [6, 6.07) is 69.5. The van der Waals surface area contributed by atoms with E-state index in [9.17, 15) is 0 Å². The zero-order valence-corrected chi connectivity index (χ0v) is 34.6. The van der Waals surface area contributed by atoms with Crippen LogP contribution in [0.25, 0.3) is 55.0 Å². The molecule has 0 amide bonds.